The van der Waals surface area contributed by atoms with Gasteiger partial charge in [0.15, 0.2) is 0 Å². The zero-order valence-electron chi connectivity index (χ0n) is 15.6. The van der Waals surface area contributed by atoms with E-state index in [4.69, 9.17) is 4.74 Å². The normalized spacial score (nSPS) is 20.8. The molecular weight excluding hydrogens is 314 g/mol. The molecule has 0 N–H and O–H groups in total. The fourth-order valence-electron chi connectivity index (χ4n) is 4.07. The van der Waals surface area contributed by atoms with Crippen molar-refractivity contribution in [3.63, 3.8) is 0 Å². The molecular formula is C21H27NOS. The number of nitrogens with zero attached hydrogens (tertiary/aromatic N) is 1. The lowest BCUT2D eigenvalue weighted by atomic mass is 9.65. The van der Waals surface area contributed by atoms with Crippen LogP contribution in [0.3, 0.4) is 0 Å². The van der Waals surface area contributed by atoms with Crippen LogP contribution in [0.15, 0.2) is 46.5 Å². The number of allylic oxidation sites excluding steroid dienone is 5. The van der Waals surface area contributed by atoms with E-state index in [0.717, 1.165) is 22.8 Å². The van der Waals surface area contributed by atoms with Crippen molar-refractivity contribution in [2.24, 2.45) is 10.8 Å². The van der Waals surface area contributed by atoms with E-state index in [0.29, 0.717) is 0 Å². The van der Waals surface area contributed by atoms with Gasteiger partial charge in [-0.2, -0.15) is 0 Å². The molecule has 128 valence electrons. The number of rotatable bonds is 4. The Hall–Kier alpha value is -1.48. The Kier molecular flexibility index (Phi) is 4.41. The van der Waals surface area contributed by atoms with Gasteiger partial charge in [-0.25, -0.2) is 0 Å². The summed E-state index contributed by atoms with van der Waals surface area (Å²) in [5, 5.41) is 0. The second-order valence-corrected chi connectivity index (χ2v) is 9.18. The SMILES string of the molecule is COc1ccnc(CSC2=CC3=CC(C)(C)CC(C)(C)C3=C2)c1C. The molecule has 0 amide bonds. The first-order valence-corrected chi connectivity index (χ1v) is 9.49. The number of methoxy groups -OCH3 is 1. The van der Waals surface area contributed by atoms with E-state index < -0.39 is 0 Å². The predicted octanol–water partition coefficient (Wildman–Crippen LogP) is 5.84. The molecule has 3 heteroatoms. The predicted molar refractivity (Wildman–Crippen MR) is 103 cm³/mol. The van der Waals surface area contributed by atoms with Crippen molar-refractivity contribution in [3.8, 4) is 5.75 Å². The maximum atomic E-state index is 5.40. The van der Waals surface area contributed by atoms with Crippen molar-refractivity contribution in [1.82, 2.24) is 4.98 Å². The number of aromatic nitrogens is 1. The molecule has 3 rings (SSSR count). The molecule has 0 radical (unpaired) electrons. The van der Waals surface area contributed by atoms with Crippen LogP contribution in [0.4, 0.5) is 0 Å². The van der Waals surface area contributed by atoms with Crippen LogP contribution in [-0.2, 0) is 5.75 Å². The number of ether oxygens (including phenoxy) is 1. The maximum absolute atomic E-state index is 5.40. The van der Waals surface area contributed by atoms with E-state index in [1.165, 1.54) is 22.5 Å². The topological polar surface area (TPSA) is 22.1 Å². The van der Waals surface area contributed by atoms with E-state index >= 15 is 0 Å². The molecule has 1 aromatic rings. The molecule has 0 aromatic carbocycles. The van der Waals surface area contributed by atoms with Crippen LogP contribution in [0.1, 0.15) is 45.4 Å². The van der Waals surface area contributed by atoms with Crippen LogP contribution in [0.25, 0.3) is 0 Å². The summed E-state index contributed by atoms with van der Waals surface area (Å²) in [5.74, 6) is 1.79. The highest BCUT2D eigenvalue weighted by atomic mass is 32.2. The molecule has 0 spiro atoms. The molecule has 0 fully saturated rings. The standard InChI is InChI=1S/C21H27NOS/c1-14-18(22-8-7-19(14)23-6)12-24-16-9-15-11-20(2,3)13-21(4,5)17(15)10-16/h7-11H,12-13H2,1-6H3. The second kappa shape index (κ2) is 6.11. The summed E-state index contributed by atoms with van der Waals surface area (Å²) in [6.07, 6.45) is 10.2. The monoisotopic (exact) mass is 341 g/mol. The molecule has 1 aromatic heterocycles. The van der Waals surface area contributed by atoms with Gasteiger partial charge in [-0.15, -0.1) is 11.8 Å². The van der Waals surface area contributed by atoms with Gasteiger partial charge in [0.05, 0.1) is 12.8 Å². The highest BCUT2D eigenvalue weighted by molar-refractivity contribution is 8.02. The van der Waals surface area contributed by atoms with Crippen molar-refractivity contribution >= 4 is 11.8 Å². The summed E-state index contributed by atoms with van der Waals surface area (Å²) >= 11 is 1.86. The van der Waals surface area contributed by atoms with Gasteiger partial charge in [-0.05, 0) is 53.5 Å². The quantitative estimate of drug-likeness (QED) is 0.687. The van der Waals surface area contributed by atoms with Crippen molar-refractivity contribution in [3.05, 3.63) is 57.8 Å². The Balaban J connectivity index is 1.80. The fraction of sp³-hybridized carbons (Fsp3) is 0.476. The molecule has 2 aliphatic rings. The van der Waals surface area contributed by atoms with Crippen LogP contribution in [0.2, 0.25) is 0 Å². The van der Waals surface area contributed by atoms with Crippen LogP contribution in [-0.4, -0.2) is 12.1 Å². The average Bonchev–Trinajstić information content (AvgIpc) is 2.88. The zero-order valence-corrected chi connectivity index (χ0v) is 16.4. The lowest BCUT2D eigenvalue weighted by molar-refractivity contribution is 0.269. The molecule has 0 saturated heterocycles. The van der Waals surface area contributed by atoms with E-state index in [2.05, 4.69) is 57.8 Å². The van der Waals surface area contributed by atoms with Crippen molar-refractivity contribution in [1.29, 1.82) is 0 Å². The maximum Gasteiger partial charge on any atom is 0.125 e. The molecule has 2 aliphatic carbocycles. The summed E-state index contributed by atoms with van der Waals surface area (Å²) in [6, 6.07) is 1.92. The minimum absolute atomic E-state index is 0.233. The van der Waals surface area contributed by atoms with E-state index in [1.807, 2.05) is 24.0 Å². The Morgan fingerprint density at radius 2 is 1.96 bits per heavy atom. The van der Waals surface area contributed by atoms with Crippen LogP contribution >= 0.6 is 11.8 Å². The average molecular weight is 342 g/mol. The third-order valence-corrected chi connectivity index (χ3v) is 5.91. The minimum atomic E-state index is 0.233. The Labute approximate surface area is 150 Å². The van der Waals surface area contributed by atoms with Crippen molar-refractivity contribution < 1.29 is 4.74 Å². The van der Waals surface area contributed by atoms with E-state index in [9.17, 15) is 0 Å². The largest absolute Gasteiger partial charge is 0.496 e. The second-order valence-electron chi connectivity index (χ2n) is 8.13. The fourth-order valence-corrected chi connectivity index (χ4v) is 5.08. The van der Waals surface area contributed by atoms with Crippen molar-refractivity contribution in [2.45, 2.75) is 46.8 Å². The molecule has 0 atom stereocenters. The summed E-state index contributed by atoms with van der Waals surface area (Å²) in [5.41, 5.74) is 5.63. The summed E-state index contributed by atoms with van der Waals surface area (Å²) in [7, 11) is 1.71. The van der Waals surface area contributed by atoms with Gasteiger partial charge in [0.1, 0.15) is 5.75 Å². The minimum Gasteiger partial charge on any atom is -0.496 e. The number of hydrogen-bond donors (Lipinski definition) is 0. The van der Waals surface area contributed by atoms with Gasteiger partial charge in [-0.3, -0.25) is 4.98 Å². The van der Waals surface area contributed by atoms with Gasteiger partial charge in [0.25, 0.3) is 0 Å². The Morgan fingerprint density at radius 3 is 2.67 bits per heavy atom. The first-order valence-electron chi connectivity index (χ1n) is 8.50. The van der Waals surface area contributed by atoms with Gasteiger partial charge in [0, 0.05) is 22.4 Å². The molecule has 0 aliphatic heterocycles. The van der Waals surface area contributed by atoms with Gasteiger partial charge >= 0.3 is 0 Å². The first kappa shape index (κ1) is 17.3. The zero-order chi connectivity index (χ0) is 17.5. The molecule has 0 saturated carbocycles. The third-order valence-electron chi connectivity index (χ3n) is 4.92. The molecule has 24 heavy (non-hydrogen) atoms. The summed E-state index contributed by atoms with van der Waals surface area (Å²) in [4.78, 5) is 5.87. The summed E-state index contributed by atoms with van der Waals surface area (Å²) < 4.78 is 5.40. The number of hydrogen-bond acceptors (Lipinski definition) is 3. The lowest BCUT2D eigenvalue weighted by Gasteiger charge is -2.40. The summed E-state index contributed by atoms with van der Waals surface area (Å²) in [6.45, 7) is 11.5. The molecule has 2 nitrogen and oxygen atoms in total. The van der Waals surface area contributed by atoms with Crippen LogP contribution in [0.5, 0.6) is 5.75 Å². The van der Waals surface area contributed by atoms with Crippen LogP contribution in [0, 0.1) is 17.8 Å². The Morgan fingerprint density at radius 1 is 1.21 bits per heavy atom. The smallest absolute Gasteiger partial charge is 0.125 e. The van der Waals surface area contributed by atoms with E-state index in [-0.39, 0.29) is 10.8 Å². The van der Waals surface area contributed by atoms with Crippen molar-refractivity contribution in [2.75, 3.05) is 7.11 Å². The lowest BCUT2D eigenvalue weighted by Crippen LogP contribution is -2.28. The molecule has 1 heterocycles. The van der Waals surface area contributed by atoms with Gasteiger partial charge < -0.3 is 4.74 Å². The van der Waals surface area contributed by atoms with Gasteiger partial charge in [-0.1, -0.05) is 33.8 Å². The molecule has 0 unspecified atom stereocenters. The highest BCUT2D eigenvalue weighted by Crippen LogP contribution is 2.52. The first-order chi connectivity index (χ1) is 11.2. The van der Waals surface area contributed by atoms with Crippen LogP contribution < -0.4 is 4.74 Å². The number of thioether (sulfide) groups is 1. The third kappa shape index (κ3) is 3.32. The highest BCUT2D eigenvalue weighted by Gasteiger charge is 2.38. The van der Waals surface area contributed by atoms with E-state index in [1.54, 1.807) is 7.11 Å². The number of fused-ring (bicyclic) bond motifs is 1. The number of pyridine rings is 1. The Bertz CT molecular complexity index is 753. The molecule has 0 bridgehead atoms. The van der Waals surface area contributed by atoms with Gasteiger partial charge in [0.2, 0.25) is 0 Å².